The van der Waals surface area contributed by atoms with Crippen LogP contribution in [-0.4, -0.2) is 49.8 Å². The number of rotatable bonds is 5. The van der Waals surface area contributed by atoms with E-state index in [0.29, 0.717) is 12.1 Å². The van der Waals surface area contributed by atoms with Gasteiger partial charge in [0, 0.05) is 25.7 Å². The van der Waals surface area contributed by atoms with Crippen molar-refractivity contribution < 1.29 is 4.74 Å². The molecule has 0 amide bonds. The molecule has 0 aromatic heterocycles. The van der Waals surface area contributed by atoms with E-state index >= 15 is 0 Å². The van der Waals surface area contributed by atoms with Gasteiger partial charge in [-0.15, -0.1) is 0 Å². The highest BCUT2D eigenvalue weighted by molar-refractivity contribution is 4.78. The summed E-state index contributed by atoms with van der Waals surface area (Å²) < 4.78 is 5.87. The summed E-state index contributed by atoms with van der Waals surface area (Å²) in [6, 6.07) is 0.643. The largest absolute Gasteiger partial charge is 0.374 e. The van der Waals surface area contributed by atoms with Gasteiger partial charge in [-0.2, -0.15) is 0 Å². The zero-order valence-electron chi connectivity index (χ0n) is 13.0. The minimum absolute atomic E-state index is 0.384. The summed E-state index contributed by atoms with van der Waals surface area (Å²) in [6.07, 6.45) is 6.09. The van der Waals surface area contributed by atoms with Crippen LogP contribution in [0, 0.1) is 11.8 Å². The molecule has 3 heteroatoms. The number of hydrogen-bond donors (Lipinski definition) is 1. The fourth-order valence-electron chi connectivity index (χ4n) is 3.46. The van der Waals surface area contributed by atoms with Crippen molar-refractivity contribution in [1.29, 1.82) is 0 Å². The van der Waals surface area contributed by atoms with Gasteiger partial charge in [-0.25, -0.2) is 0 Å². The molecule has 1 saturated carbocycles. The highest BCUT2D eigenvalue weighted by Gasteiger charge is 2.24. The van der Waals surface area contributed by atoms with Crippen LogP contribution in [0.15, 0.2) is 0 Å². The lowest BCUT2D eigenvalue weighted by Gasteiger charge is -2.36. The number of morpholine rings is 1. The third kappa shape index (κ3) is 4.73. The van der Waals surface area contributed by atoms with Gasteiger partial charge in [-0.1, -0.05) is 26.2 Å². The van der Waals surface area contributed by atoms with E-state index in [0.717, 1.165) is 38.1 Å². The minimum atomic E-state index is 0.384. The average Bonchev–Trinajstić information content (AvgIpc) is 2.41. The number of nitrogens with zero attached hydrogens (tertiary/aromatic N) is 1. The van der Waals surface area contributed by atoms with Gasteiger partial charge in [0.1, 0.15) is 0 Å². The molecule has 0 aromatic rings. The fourth-order valence-corrected chi connectivity index (χ4v) is 3.46. The average molecular weight is 268 g/mol. The molecular weight excluding hydrogens is 236 g/mol. The summed E-state index contributed by atoms with van der Waals surface area (Å²) >= 11 is 0. The maximum Gasteiger partial charge on any atom is 0.0826 e. The van der Waals surface area contributed by atoms with Crippen molar-refractivity contribution in [3.05, 3.63) is 0 Å². The van der Waals surface area contributed by atoms with Crippen LogP contribution in [0.4, 0.5) is 0 Å². The molecule has 2 fully saturated rings. The first-order valence-electron chi connectivity index (χ1n) is 8.23. The number of nitrogens with one attached hydrogen (secondary N) is 1. The van der Waals surface area contributed by atoms with Gasteiger partial charge in [-0.3, -0.25) is 4.90 Å². The molecule has 2 aliphatic rings. The van der Waals surface area contributed by atoms with Crippen molar-refractivity contribution in [2.45, 2.75) is 58.6 Å². The smallest absolute Gasteiger partial charge is 0.0826 e. The van der Waals surface area contributed by atoms with Crippen LogP contribution >= 0.6 is 0 Å². The zero-order valence-corrected chi connectivity index (χ0v) is 13.0. The number of ether oxygens (including phenoxy) is 1. The maximum atomic E-state index is 5.87. The first kappa shape index (κ1) is 15.3. The van der Waals surface area contributed by atoms with Gasteiger partial charge in [0.2, 0.25) is 0 Å². The lowest BCUT2D eigenvalue weighted by atomic mass is 9.80. The Labute approximate surface area is 119 Å². The van der Waals surface area contributed by atoms with Gasteiger partial charge < -0.3 is 10.1 Å². The number of hydrogen-bond acceptors (Lipinski definition) is 3. The highest BCUT2D eigenvalue weighted by atomic mass is 16.5. The van der Waals surface area contributed by atoms with Crippen LogP contribution < -0.4 is 5.32 Å². The van der Waals surface area contributed by atoms with Crippen LogP contribution in [0.5, 0.6) is 0 Å². The summed E-state index contributed by atoms with van der Waals surface area (Å²) in [7, 11) is 0. The Morgan fingerprint density at radius 1 is 1.21 bits per heavy atom. The summed E-state index contributed by atoms with van der Waals surface area (Å²) in [4.78, 5) is 2.53. The van der Waals surface area contributed by atoms with E-state index in [9.17, 15) is 0 Å². The molecule has 0 aromatic carbocycles. The van der Waals surface area contributed by atoms with Gasteiger partial charge >= 0.3 is 0 Å². The molecule has 0 spiro atoms. The van der Waals surface area contributed by atoms with Crippen molar-refractivity contribution in [2.75, 3.05) is 32.8 Å². The Morgan fingerprint density at radius 2 is 2.00 bits per heavy atom. The third-order valence-corrected chi connectivity index (χ3v) is 4.97. The molecule has 1 aliphatic carbocycles. The van der Waals surface area contributed by atoms with Crippen LogP contribution in [-0.2, 0) is 4.74 Å². The zero-order chi connectivity index (χ0) is 13.7. The first-order valence-corrected chi connectivity index (χ1v) is 8.23. The molecular formula is C16H32N2O. The summed E-state index contributed by atoms with van der Waals surface area (Å²) in [5.41, 5.74) is 0. The fraction of sp³-hybridized carbons (Fsp3) is 1.00. The minimum Gasteiger partial charge on any atom is -0.374 e. The Kier molecular flexibility index (Phi) is 6.11. The van der Waals surface area contributed by atoms with Gasteiger partial charge in [0.25, 0.3) is 0 Å². The normalized spacial score (nSPS) is 33.8. The molecule has 2 rings (SSSR count). The third-order valence-electron chi connectivity index (χ3n) is 4.97. The Balaban J connectivity index is 1.64. The lowest BCUT2D eigenvalue weighted by molar-refractivity contribution is -0.0376. The van der Waals surface area contributed by atoms with E-state index in [2.05, 4.69) is 31.0 Å². The van der Waals surface area contributed by atoms with E-state index in [-0.39, 0.29) is 0 Å². The van der Waals surface area contributed by atoms with Crippen LogP contribution in [0.3, 0.4) is 0 Å². The topological polar surface area (TPSA) is 24.5 Å². The molecule has 0 bridgehead atoms. The molecule has 1 saturated heterocycles. The molecule has 19 heavy (non-hydrogen) atoms. The van der Waals surface area contributed by atoms with Gasteiger partial charge in [0.15, 0.2) is 0 Å². The molecule has 3 nitrogen and oxygen atoms in total. The monoisotopic (exact) mass is 268 g/mol. The van der Waals surface area contributed by atoms with Crippen molar-refractivity contribution in [1.82, 2.24) is 10.2 Å². The van der Waals surface area contributed by atoms with E-state index in [1.165, 1.54) is 32.2 Å². The highest BCUT2D eigenvalue weighted by Crippen LogP contribution is 2.28. The SMILES string of the molecule is CC1CCCCC1CNCC1CN(C(C)C)CCO1. The van der Waals surface area contributed by atoms with Crippen LogP contribution in [0.25, 0.3) is 0 Å². The molecule has 112 valence electrons. The second-order valence-electron chi connectivity index (χ2n) is 6.76. The van der Waals surface area contributed by atoms with Crippen LogP contribution in [0.1, 0.15) is 46.5 Å². The maximum absolute atomic E-state index is 5.87. The second-order valence-corrected chi connectivity index (χ2v) is 6.76. The summed E-state index contributed by atoms with van der Waals surface area (Å²) in [5.74, 6) is 1.79. The molecule has 1 N–H and O–H groups in total. The van der Waals surface area contributed by atoms with Crippen molar-refractivity contribution >= 4 is 0 Å². The molecule has 3 atom stereocenters. The van der Waals surface area contributed by atoms with Crippen molar-refractivity contribution in [2.24, 2.45) is 11.8 Å². The Bertz CT molecular complexity index is 257. The summed E-state index contributed by atoms with van der Waals surface area (Å²) in [5, 5.41) is 3.66. The molecule has 0 radical (unpaired) electrons. The van der Waals surface area contributed by atoms with Crippen LogP contribution in [0.2, 0.25) is 0 Å². The predicted octanol–water partition coefficient (Wildman–Crippen LogP) is 2.51. The molecule has 3 unspecified atom stereocenters. The second kappa shape index (κ2) is 7.61. The Morgan fingerprint density at radius 3 is 2.74 bits per heavy atom. The standard InChI is InChI=1S/C16H32N2O/c1-13(2)18-8-9-19-16(12-18)11-17-10-15-7-5-4-6-14(15)3/h13-17H,4-12H2,1-3H3. The van der Waals surface area contributed by atoms with E-state index in [1.807, 2.05) is 0 Å². The Hall–Kier alpha value is -0.120. The van der Waals surface area contributed by atoms with Crippen molar-refractivity contribution in [3.8, 4) is 0 Å². The molecule has 1 aliphatic heterocycles. The quantitative estimate of drug-likeness (QED) is 0.829. The van der Waals surface area contributed by atoms with E-state index < -0.39 is 0 Å². The van der Waals surface area contributed by atoms with E-state index in [1.54, 1.807) is 0 Å². The first-order chi connectivity index (χ1) is 9.16. The van der Waals surface area contributed by atoms with E-state index in [4.69, 9.17) is 4.74 Å². The van der Waals surface area contributed by atoms with Crippen molar-refractivity contribution in [3.63, 3.8) is 0 Å². The van der Waals surface area contributed by atoms with Gasteiger partial charge in [0.05, 0.1) is 12.7 Å². The molecule has 1 heterocycles. The van der Waals surface area contributed by atoms with Gasteiger partial charge in [-0.05, 0) is 38.6 Å². The summed E-state index contributed by atoms with van der Waals surface area (Å²) in [6.45, 7) is 12.3. The predicted molar refractivity (Wildman–Crippen MR) is 80.4 cm³/mol. The lowest BCUT2D eigenvalue weighted by Crippen LogP contribution is -2.49.